The van der Waals surface area contributed by atoms with Crippen molar-refractivity contribution in [2.45, 2.75) is 10.8 Å². The van der Waals surface area contributed by atoms with Crippen molar-refractivity contribution in [1.82, 2.24) is 9.62 Å². The largest absolute Gasteiger partial charge is 0.399 e. The van der Waals surface area contributed by atoms with E-state index in [1.165, 1.54) is 25.2 Å². The summed E-state index contributed by atoms with van der Waals surface area (Å²) in [6, 6.07) is 4.10. The fraction of sp³-hybridized carbons (Fsp3) is 0.385. The molecule has 2 aliphatic rings. The number of nitrogens with one attached hydrogen (secondary N) is 1. The normalized spacial score (nSPS) is 30.9. The predicted octanol–water partition coefficient (Wildman–Crippen LogP) is 0.338. The van der Waals surface area contributed by atoms with E-state index in [9.17, 15) is 12.8 Å². The highest BCUT2D eigenvalue weighted by atomic mass is 32.2. The number of nitrogens with two attached hydrogens (primary N) is 1. The Morgan fingerprint density at radius 3 is 3.00 bits per heavy atom. The Morgan fingerprint density at radius 1 is 1.57 bits per heavy atom. The first-order chi connectivity index (χ1) is 9.79. The molecule has 1 aromatic carbocycles. The zero-order valence-corrected chi connectivity index (χ0v) is 12.3. The lowest BCUT2D eigenvalue weighted by Gasteiger charge is -2.44. The molecule has 1 aromatic rings. The van der Waals surface area contributed by atoms with Gasteiger partial charge in [0.2, 0.25) is 10.0 Å². The number of sulfonamides is 1. The highest BCUT2D eigenvalue weighted by Crippen LogP contribution is 2.42. The molecule has 21 heavy (non-hydrogen) atoms. The molecule has 8 heteroatoms. The summed E-state index contributed by atoms with van der Waals surface area (Å²) in [5.74, 6) is -0.349. The number of rotatable bonds is 1. The summed E-state index contributed by atoms with van der Waals surface area (Å²) in [7, 11) is -2.28. The molecule has 0 aromatic heterocycles. The van der Waals surface area contributed by atoms with Gasteiger partial charge in [0.25, 0.3) is 0 Å². The number of nitrogen functional groups attached to an aromatic ring is 1. The summed E-state index contributed by atoms with van der Waals surface area (Å²) < 4.78 is 45.8. The van der Waals surface area contributed by atoms with E-state index < -0.39 is 26.6 Å². The summed E-state index contributed by atoms with van der Waals surface area (Å²) in [6.45, 7) is 3.72. The molecule has 2 saturated heterocycles. The Morgan fingerprint density at radius 2 is 2.29 bits per heavy atom. The van der Waals surface area contributed by atoms with E-state index in [2.05, 4.69) is 11.9 Å². The molecule has 2 heterocycles. The zero-order chi connectivity index (χ0) is 15.4. The monoisotopic (exact) mass is 313 g/mol. The van der Waals surface area contributed by atoms with Gasteiger partial charge in [-0.05, 0) is 18.2 Å². The third-order valence-corrected chi connectivity index (χ3v) is 6.35. The molecule has 0 unspecified atom stereocenters. The predicted molar refractivity (Wildman–Crippen MR) is 76.1 cm³/mol. The highest BCUT2D eigenvalue weighted by molar-refractivity contribution is 7.90. The quantitative estimate of drug-likeness (QED) is 0.730. The van der Waals surface area contributed by atoms with E-state index in [1.807, 2.05) is 0 Å². The van der Waals surface area contributed by atoms with Crippen LogP contribution in [0.25, 0.3) is 0 Å². The van der Waals surface area contributed by atoms with Crippen molar-refractivity contribution in [3.63, 3.8) is 0 Å². The molecular formula is C13H16FN3O3S. The molecule has 3 N–H and O–H groups in total. The molecule has 2 fully saturated rings. The van der Waals surface area contributed by atoms with Gasteiger partial charge >= 0.3 is 0 Å². The maximum atomic E-state index is 14.3. The first kappa shape index (κ1) is 14.2. The summed E-state index contributed by atoms with van der Waals surface area (Å²) >= 11 is 0. The SMILES string of the molecule is C=C1N[C@@]2(c3cc(N)ccc3F)COC[C@H]2S(=O)(=O)N1C. The van der Waals surface area contributed by atoms with E-state index >= 15 is 0 Å². The summed E-state index contributed by atoms with van der Waals surface area (Å²) in [4.78, 5) is 0. The second kappa shape index (κ2) is 4.35. The van der Waals surface area contributed by atoms with Crippen molar-refractivity contribution in [2.24, 2.45) is 0 Å². The first-order valence-corrected chi connectivity index (χ1v) is 7.87. The number of halogens is 1. The van der Waals surface area contributed by atoms with Gasteiger partial charge in [0, 0.05) is 18.3 Å². The van der Waals surface area contributed by atoms with Gasteiger partial charge in [-0.15, -0.1) is 0 Å². The average Bonchev–Trinajstić information content (AvgIpc) is 2.85. The van der Waals surface area contributed by atoms with Crippen molar-refractivity contribution in [3.05, 3.63) is 42.0 Å². The molecule has 0 amide bonds. The molecule has 114 valence electrons. The smallest absolute Gasteiger partial charge is 0.243 e. The second-order valence-electron chi connectivity index (χ2n) is 5.30. The lowest BCUT2D eigenvalue weighted by Crippen LogP contribution is -2.63. The maximum absolute atomic E-state index is 14.3. The molecule has 0 spiro atoms. The average molecular weight is 313 g/mol. The molecular weight excluding hydrogens is 297 g/mol. The standard InChI is InChI=1S/C13H16FN3O3S/c1-8-16-13(10-5-9(15)3-4-11(10)14)7-20-6-12(13)21(18,19)17(8)2/h3-5,12,16H,1,6-7,15H2,2H3/t12-,13-/m1/s1. The van der Waals surface area contributed by atoms with E-state index in [0.29, 0.717) is 5.69 Å². The zero-order valence-electron chi connectivity index (χ0n) is 11.5. The minimum atomic E-state index is -3.69. The van der Waals surface area contributed by atoms with Crippen LogP contribution in [0.3, 0.4) is 0 Å². The van der Waals surface area contributed by atoms with Crippen molar-refractivity contribution >= 4 is 15.7 Å². The van der Waals surface area contributed by atoms with Crippen LogP contribution in [0.15, 0.2) is 30.6 Å². The van der Waals surface area contributed by atoms with Crippen molar-refractivity contribution < 1.29 is 17.5 Å². The molecule has 0 aliphatic carbocycles. The van der Waals surface area contributed by atoms with Crippen molar-refractivity contribution in [2.75, 3.05) is 26.0 Å². The van der Waals surface area contributed by atoms with Gasteiger partial charge in [0.1, 0.15) is 22.4 Å². The summed E-state index contributed by atoms with van der Waals surface area (Å²) in [6.07, 6.45) is 0. The van der Waals surface area contributed by atoms with Gasteiger partial charge in [-0.2, -0.15) is 0 Å². The fourth-order valence-electron chi connectivity index (χ4n) is 2.90. The van der Waals surface area contributed by atoms with Crippen LogP contribution < -0.4 is 11.1 Å². The van der Waals surface area contributed by atoms with Crippen LogP contribution >= 0.6 is 0 Å². The van der Waals surface area contributed by atoms with E-state index in [-0.39, 0.29) is 24.6 Å². The Bertz CT molecular complexity index is 721. The number of hydrogen-bond donors (Lipinski definition) is 2. The summed E-state index contributed by atoms with van der Waals surface area (Å²) in [5.41, 5.74) is 5.06. The van der Waals surface area contributed by atoms with E-state index in [1.54, 1.807) is 0 Å². The van der Waals surface area contributed by atoms with Crippen LogP contribution in [0.1, 0.15) is 5.56 Å². The van der Waals surface area contributed by atoms with E-state index in [4.69, 9.17) is 10.5 Å². The minimum absolute atomic E-state index is 0.0127. The Labute approximate surface area is 122 Å². The second-order valence-corrected chi connectivity index (χ2v) is 7.45. The molecule has 6 nitrogen and oxygen atoms in total. The maximum Gasteiger partial charge on any atom is 0.243 e. The van der Waals surface area contributed by atoms with Gasteiger partial charge in [-0.1, -0.05) is 6.58 Å². The molecule has 2 aliphatic heterocycles. The lowest BCUT2D eigenvalue weighted by atomic mass is 9.87. The van der Waals surface area contributed by atoms with Gasteiger partial charge < -0.3 is 15.8 Å². The third-order valence-electron chi connectivity index (χ3n) is 4.11. The number of ether oxygens (including phenoxy) is 1. The summed E-state index contributed by atoms with van der Waals surface area (Å²) in [5, 5.41) is 2.08. The molecule has 0 bridgehead atoms. The number of fused-ring (bicyclic) bond motifs is 1. The van der Waals surface area contributed by atoms with Crippen molar-refractivity contribution in [3.8, 4) is 0 Å². The number of anilines is 1. The third kappa shape index (κ3) is 1.82. The Kier molecular flexibility index (Phi) is 2.93. The van der Waals surface area contributed by atoms with Crippen LogP contribution in [-0.4, -0.2) is 38.2 Å². The number of hydrogen-bond acceptors (Lipinski definition) is 5. The van der Waals surface area contributed by atoms with Crippen LogP contribution in [0.2, 0.25) is 0 Å². The topological polar surface area (TPSA) is 84.7 Å². The first-order valence-electron chi connectivity index (χ1n) is 6.37. The van der Waals surface area contributed by atoms with Crippen LogP contribution in [-0.2, 0) is 20.3 Å². The van der Waals surface area contributed by atoms with Gasteiger partial charge in [0.15, 0.2) is 0 Å². The van der Waals surface area contributed by atoms with E-state index in [0.717, 1.165) is 4.31 Å². The van der Waals surface area contributed by atoms with Crippen LogP contribution in [0.5, 0.6) is 0 Å². The Balaban J connectivity index is 2.23. The van der Waals surface area contributed by atoms with Crippen molar-refractivity contribution in [1.29, 1.82) is 0 Å². The number of nitrogens with zero attached hydrogens (tertiary/aromatic N) is 1. The lowest BCUT2D eigenvalue weighted by molar-refractivity contribution is 0.166. The fourth-order valence-corrected chi connectivity index (χ4v) is 4.67. The molecule has 2 atom stereocenters. The molecule has 0 saturated carbocycles. The van der Waals surface area contributed by atoms with Gasteiger partial charge in [-0.25, -0.2) is 12.8 Å². The minimum Gasteiger partial charge on any atom is -0.399 e. The highest BCUT2D eigenvalue weighted by Gasteiger charge is 2.58. The number of benzene rings is 1. The molecule has 0 radical (unpaired) electrons. The van der Waals surface area contributed by atoms with Crippen LogP contribution in [0.4, 0.5) is 10.1 Å². The van der Waals surface area contributed by atoms with Gasteiger partial charge in [-0.3, -0.25) is 4.31 Å². The van der Waals surface area contributed by atoms with Gasteiger partial charge in [0.05, 0.1) is 13.2 Å². The molecule has 3 rings (SSSR count). The Hall–Kier alpha value is -1.80. The van der Waals surface area contributed by atoms with Crippen LogP contribution in [0, 0.1) is 5.82 Å².